The molecule has 1 atom stereocenters. The van der Waals surface area contributed by atoms with Crippen LogP contribution in [-0.4, -0.2) is 41.8 Å². The average Bonchev–Trinajstić information content (AvgIpc) is 3.43. The molecule has 2 aromatic rings. The highest BCUT2D eigenvalue weighted by Crippen LogP contribution is 2.41. The van der Waals surface area contributed by atoms with Crippen LogP contribution in [-0.2, 0) is 0 Å². The second-order valence-electron chi connectivity index (χ2n) is 7.74. The smallest absolute Gasteiger partial charge is 0.341 e. The lowest BCUT2D eigenvalue weighted by molar-refractivity contribution is 0.0694. The van der Waals surface area contributed by atoms with Gasteiger partial charge in [-0.25, -0.2) is 18.0 Å². The molecular formula is C20H22F3N3O3. The van der Waals surface area contributed by atoms with E-state index in [0.29, 0.717) is 38.9 Å². The summed E-state index contributed by atoms with van der Waals surface area (Å²) in [4.78, 5) is 25.4. The molecule has 2 N–H and O–H groups in total. The molecule has 1 aliphatic heterocycles. The number of halogens is 3. The van der Waals surface area contributed by atoms with Gasteiger partial charge >= 0.3 is 5.97 Å². The molecule has 1 aliphatic carbocycles. The molecule has 0 amide bonds. The molecule has 1 saturated heterocycles. The first-order valence-corrected chi connectivity index (χ1v) is 9.79. The molecule has 9 heteroatoms. The van der Waals surface area contributed by atoms with Crippen LogP contribution in [0.1, 0.15) is 42.6 Å². The van der Waals surface area contributed by atoms with Crippen molar-refractivity contribution in [2.24, 2.45) is 5.92 Å². The van der Waals surface area contributed by atoms with Crippen LogP contribution in [0, 0.1) is 23.4 Å². The number of hydrogen-bond acceptors (Lipinski definition) is 4. The number of hydrogen-bond donors (Lipinski definition) is 2. The van der Waals surface area contributed by atoms with E-state index in [1.54, 1.807) is 0 Å². The molecular weight excluding hydrogens is 387 g/mol. The SMILES string of the molecule is CCNCC1CCN(c2c(F)c(F)c3c(=O)c(C(=O)O)cn(C4CC4)c3c2F)C1. The van der Waals surface area contributed by atoms with Crippen molar-refractivity contribution in [3.05, 3.63) is 39.4 Å². The Morgan fingerprint density at radius 3 is 2.55 bits per heavy atom. The van der Waals surface area contributed by atoms with Crippen LogP contribution in [0.15, 0.2) is 11.0 Å². The van der Waals surface area contributed by atoms with Crippen molar-refractivity contribution in [1.29, 1.82) is 0 Å². The van der Waals surface area contributed by atoms with Crippen LogP contribution < -0.4 is 15.6 Å². The Kier molecular flexibility index (Phi) is 5.02. The van der Waals surface area contributed by atoms with E-state index >= 15 is 4.39 Å². The highest BCUT2D eigenvalue weighted by atomic mass is 19.2. The quantitative estimate of drug-likeness (QED) is 0.718. The molecule has 0 radical (unpaired) electrons. The van der Waals surface area contributed by atoms with Gasteiger partial charge in [-0.3, -0.25) is 4.79 Å². The Morgan fingerprint density at radius 1 is 1.21 bits per heavy atom. The van der Waals surface area contributed by atoms with Crippen LogP contribution in [0.3, 0.4) is 0 Å². The average molecular weight is 409 g/mol. The third kappa shape index (κ3) is 3.27. The number of nitrogens with one attached hydrogen (secondary N) is 1. The minimum Gasteiger partial charge on any atom is -0.477 e. The van der Waals surface area contributed by atoms with Gasteiger partial charge in [0.05, 0.1) is 10.9 Å². The highest BCUT2D eigenvalue weighted by molar-refractivity contribution is 5.94. The fraction of sp³-hybridized carbons (Fsp3) is 0.500. The van der Waals surface area contributed by atoms with Gasteiger partial charge < -0.3 is 19.9 Å². The normalized spacial score (nSPS) is 19.3. The van der Waals surface area contributed by atoms with E-state index < -0.39 is 45.5 Å². The largest absolute Gasteiger partial charge is 0.477 e. The molecule has 2 fully saturated rings. The number of anilines is 1. The fourth-order valence-electron chi connectivity index (χ4n) is 4.10. The number of benzene rings is 1. The number of pyridine rings is 1. The van der Waals surface area contributed by atoms with Crippen molar-refractivity contribution >= 4 is 22.6 Å². The van der Waals surface area contributed by atoms with Crippen molar-refractivity contribution in [2.45, 2.75) is 32.2 Å². The number of carboxylic acid groups (broad SMARTS) is 1. The second-order valence-corrected chi connectivity index (χ2v) is 7.74. The number of rotatable bonds is 6. The Morgan fingerprint density at radius 2 is 1.93 bits per heavy atom. The van der Waals surface area contributed by atoms with Crippen LogP contribution in [0.25, 0.3) is 10.9 Å². The first-order valence-electron chi connectivity index (χ1n) is 9.79. The molecule has 1 aromatic carbocycles. The number of aromatic carboxylic acids is 1. The van der Waals surface area contributed by atoms with Gasteiger partial charge in [-0.2, -0.15) is 0 Å². The third-order valence-electron chi connectivity index (χ3n) is 5.73. The minimum absolute atomic E-state index is 0.174. The Labute approximate surface area is 164 Å². The molecule has 0 spiro atoms. The third-order valence-corrected chi connectivity index (χ3v) is 5.73. The van der Waals surface area contributed by atoms with Crippen molar-refractivity contribution in [3.8, 4) is 0 Å². The van der Waals surface area contributed by atoms with Crippen molar-refractivity contribution in [1.82, 2.24) is 9.88 Å². The standard InChI is InChI=1S/C20H22F3N3O3/c1-2-24-7-10-5-6-25(8-10)18-15(22)14(21)13-17(16(18)23)26(11-3-4-11)9-12(19(13)27)20(28)29/h9-11,24H,2-8H2,1H3,(H,28,29). The Bertz CT molecular complexity index is 1050. The van der Waals surface area contributed by atoms with Crippen molar-refractivity contribution < 1.29 is 23.1 Å². The summed E-state index contributed by atoms with van der Waals surface area (Å²) in [6, 6.07) is -0.233. The zero-order valence-corrected chi connectivity index (χ0v) is 16.0. The highest BCUT2D eigenvalue weighted by Gasteiger charge is 2.35. The number of nitrogens with zero attached hydrogens (tertiary/aromatic N) is 2. The Hall–Kier alpha value is -2.55. The summed E-state index contributed by atoms with van der Waals surface area (Å²) in [6.45, 7) is 4.18. The maximum atomic E-state index is 15.5. The molecule has 1 saturated carbocycles. The predicted octanol–water partition coefficient (Wildman–Crippen LogP) is 2.89. The van der Waals surface area contributed by atoms with Crippen molar-refractivity contribution in [2.75, 3.05) is 31.1 Å². The lowest BCUT2D eigenvalue weighted by Crippen LogP contribution is -2.28. The monoisotopic (exact) mass is 409 g/mol. The number of aromatic nitrogens is 1. The number of carboxylic acids is 1. The molecule has 1 unspecified atom stereocenters. The van der Waals surface area contributed by atoms with Gasteiger partial charge in [0, 0.05) is 25.3 Å². The first kappa shape index (κ1) is 19.8. The van der Waals surface area contributed by atoms with E-state index in [4.69, 9.17) is 0 Å². The number of carbonyl (C=O) groups is 1. The van der Waals surface area contributed by atoms with Gasteiger partial charge in [-0.1, -0.05) is 6.92 Å². The summed E-state index contributed by atoms with van der Waals surface area (Å²) in [7, 11) is 0. The first-order chi connectivity index (χ1) is 13.8. The summed E-state index contributed by atoms with van der Waals surface area (Å²) in [5.74, 6) is -5.33. The zero-order chi connectivity index (χ0) is 20.9. The molecule has 0 bridgehead atoms. The van der Waals surface area contributed by atoms with Gasteiger partial charge in [0.15, 0.2) is 17.5 Å². The van der Waals surface area contributed by atoms with Gasteiger partial charge in [-0.15, -0.1) is 0 Å². The minimum atomic E-state index is -1.55. The maximum absolute atomic E-state index is 15.5. The predicted molar refractivity (Wildman–Crippen MR) is 102 cm³/mol. The van der Waals surface area contributed by atoms with Crippen LogP contribution in [0.5, 0.6) is 0 Å². The summed E-state index contributed by atoms with van der Waals surface area (Å²) < 4.78 is 46.7. The fourth-order valence-corrected chi connectivity index (χ4v) is 4.10. The molecule has 156 valence electrons. The lowest BCUT2D eigenvalue weighted by Gasteiger charge is -2.23. The summed E-state index contributed by atoms with van der Waals surface area (Å²) in [5.41, 5.74) is -2.74. The van der Waals surface area contributed by atoms with Crippen LogP contribution in [0.2, 0.25) is 0 Å². The van der Waals surface area contributed by atoms with E-state index in [1.807, 2.05) is 6.92 Å². The summed E-state index contributed by atoms with van der Waals surface area (Å²) in [6.07, 6.45) is 3.06. The van der Waals surface area contributed by atoms with Gasteiger partial charge in [0.1, 0.15) is 11.3 Å². The lowest BCUT2D eigenvalue weighted by atomic mass is 10.1. The van der Waals surface area contributed by atoms with Crippen LogP contribution in [0.4, 0.5) is 18.9 Å². The summed E-state index contributed by atoms with van der Waals surface area (Å²) in [5, 5.41) is 11.6. The molecule has 29 heavy (non-hydrogen) atoms. The molecule has 1 aromatic heterocycles. The number of fused-ring (bicyclic) bond motifs is 1. The summed E-state index contributed by atoms with van der Waals surface area (Å²) >= 11 is 0. The maximum Gasteiger partial charge on any atom is 0.341 e. The van der Waals surface area contributed by atoms with Crippen molar-refractivity contribution in [3.63, 3.8) is 0 Å². The van der Waals surface area contributed by atoms with E-state index in [-0.39, 0.29) is 17.5 Å². The molecule has 6 nitrogen and oxygen atoms in total. The molecule has 2 heterocycles. The van der Waals surface area contributed by atoms with Gasteiger partial charge in [0.25, 0.3) is 0 Å². The van der Waals surface area contributed by atoms with E-state index in [9.17, 15) is 23.5 Å². The second kappa shape index (κ2) is 7.37. The van der Waals surface area contributed by atoms with Crippen LogP contribution >= 0.6 is 0 Å². The molecule has 2 aliphatic rings. The van der Waals surface area contributed by atoms with Gasteiger partial charge in [-0.05, 0) is 38.3 Å². The topological polar surface area (TPSA) is 74.6 Å². The van der Waals surface area contributed by atoms with E-state index in [2.05, 4.69) is 5.32 Å². The zero-order valence-electron chi connectivity index (χ0n) is 16.0. The molecule has 4 rings (SSSR count). The van der Waals surface area contributed by atoms with E-state index in [0.717, 1.165) is 12.7 Å². The van der Waals surface area contributed by atoms with Gasteiger partial charge in [0.2, 0.25) is 5.43 Å². The van der Waals surface area contributed by atoms with E-state index in [1.165, 1.54) is 9.47 Å². The Balaban J connectivity index is 1.90.